The number of hydrogen-bond donors (Lipinski definition) is 2. The largest absolute Gasteiger partial charge is 0.469 e. The first-order chi connectivity index (χ1) is 5.98. The lowest BCUT2D eigenvalue weighted by atomic mass is 9.99. The molecule has 2 N–H and O–H groups in total. The van der Waals surface area contributed by atoms with E-state index in [0.29, 0.717) is 0 Å². The van der Waals surface area contributed by atoms with Gasteiger partial charge in [0, 0.05) is 0 Å². The normalized spacial score (nSPS) is 26.6. The molecule has 13 heavy (non-hydrogen) atoms. The fourth-order valence-electron chi connectivity index (χ4n) is 1.06. The zero-order valence-corrected chi connectivity index (χ0v) is 7.34. The Hall–Kier alpha value is -1.59. The molecule has 72 valence electrons. The van der Waals surface area contributed by atoms with Crippen molar-refractivity contribution >= 4 is 17.9 Å². The number of ether oxygens (including phenoxy) is 1. The SMILES string of the molecule is COC(=O)CC1(C)NC(=O)NC1=O. The summed E-state index contributed by atoms with van der Waals surface area (Å²) in [6, 6.07) is -0.587. The monoisotopic (exact) mass is 186 g/mol. The standard InChI is InChI=1S/C7H10N2O4/c1-7(3-4(10)13-2)5(11)8-6(12)9-7/h3H2,1-2H3,(H2,8,9,11,12). The number of carbonyl (C=O) groups is 3. The number of nitrogens with one attached hydrogen (secondary N) is 2. The van der Waals surface area contributed by atoms with Gasteiger partial charge in [-0.2, -0.15) is 0 Å². The van der Waals surface area contributed by atoms with Crippen molar-refractivity contribution < 1.29 is 19.1 Å². The van der Waals surface area contributed by atoms with E-state index in [2.05, 4.69) is 10.1 Å². The molecule has 0 radical (unpaired) electrons. The van der Waals surface area contributed by atoms with E-state index in [9.17, 15) is 14.4 Å². The summed E-state index contributed by atoms with van der Waals surface area (Å²) in [7, 11) is 1.22. The molecular weight excluding hydrogens is 176 g/mol. The maximum Gasteiger partial charge on any atom is 0.322 e. The topological polar surface area (TPSA) is 84.5 Å². The highest BCUT2D eigenvalue weighted by Gasteiger charge is 2.43. The number of esters is 1. The Morgan fingerprint density at radius 3 is 2.54 bits per heavy atom. The second-order valence-electron chi connectivity index (χ2n) is 2.99. The molecule has 1 saturated heterocycles. The summed E-state index contributed by atoms with van der Waals surface area (Å²) in [6.07, 6.45) is -0.166. The van der Waals surface area contributed by atoms with E-state index in [0.717, 1.165) is 0 Å². The first-order valence-corrected chi connectivity index (χ1v) is 3.68. The predicted octanol–water partition coefficient (Wildman–Crippen LogP) is -0.852. The number of amides is 3. The van der Waals surface area contributed by atoms with Crippen molar-refractivity contribution in [2.45, 2.75) is 18.9 Å². The third kappa shape index (κ3) is 1.77. The Labute approximate surface area is 74.6 Å². The van der Waals surface area contributed by atoms with Crippen molar-refractivity contribution in [3.63, 3.8) is 0 Å². The van der Waals surface area contributed by atoms with Crippen molar-refractivity contribution in [2.24, 2.45) is 0 Å². The van der Waals surface area contributed by atoms with Crippen LogP contribution < -0.4 is 10.6 Å². The van der Waals surface area contributed by atoms with Gasteiger partial charge in [0.05, 0.1) is 13.5 Å². The van der Waals surface area contributed by atoms with Crippen LogP contribution in [-0.2, 0) is 14.3 Å². The van der Waals surface area contributed by atoms with Crippen LogP contribution in [0.1, 0.15) is 13.3 Å². The highest BCUT2D eigenvalue weighted by molar-refractivity contribution is 6.08. The van der Waals surface area contributed by atoms with Crippen LogP contribution in [-0.4, -0.2) is 30.6 Å². The summed E-state index contributed by atoms with van der Waals surface area (Å²) < 4.78 is 4.39. The predicted molar refractivity (Wildman–Crippen MR) is 41.7 cm³/mol. The van der Waals surface area contributed by atoms with Crippen LogP contribution >= 0.6 is 0 Å². The van der Waals surface area contributed by atoms with Gasteiger partial charge in [-0.15, -0.1) is 0 Å². The van der Waals surface area contributed by atoms with Crippen molar-refractivity contribution in [1.29, 1.82) is 0 Å². The van der Waals surface area contributed by atoms with Gasteiger partial charge in [-0.1, -0.05) is 0 Å². The molecule has 0 spiro atoms. The first kappa shape index (κ1) is 9.50. The van der Waals surface area contributed by atoms with Crippen LogP contribution in [0.15, 0.2) is 0 Å². The molecule has 0 saturated carbocycles. The summed E-state index contributed by atoms with van der Waals surface area (Å²) in [5.41, 5.74) is -1.18. The zero-order valence-electron chi connectivity index (χ0n) is 7.34. The molecule has 6 heteroatoms. The Morgan fingerprint density at radius 2 is 2.15 bits per heavy atom. The van der Waals surface area contributed by atoms with Crippen LogP contribution in [0.3, 0.4) is 0 Å². The van der Waals surface area contributed by atoms with Crippen LogP contribution in [0, 0.1) is 0 Å². The smallest absolute Gasteiger partial charge is 0.322 e. The van der Waals surface area contributed by atoms with E-state index in [4.69, 9.17) is 0 Å². The molecule has 0 aromatic carbocycles. The minimum Gasteiger partial charge on any atom is -0.469 e. The van der Waals surface area contributed by atoms with Crippen LogP contribution in [0.25, 0.3) is 0 Å². The maximum atomic E-state index is 11.2. The summed E-state index contributed by atoms with van der Waals surface area (Å²) in [4.78, 5) is 32.8. The molecule has 3 amide bonds. The maximum absolute atomic E-state index is 11.2. The number of carbonyl (C=O) groups excluding carboxylic acids is 3. The number of hydrogen-bond acceptors (Lipinski definition) is 4. The molecule has 0 bridgehead atoms. The van der Waals surface area contributed by atoms with Crippen molar-refractivity contribution in [1.82, 2.24) is 10.6 Å². The van der Waals surface area contributed by atoms with Gasteiger partial charge in [0.1, 0.15) is 5.54 Å². The Morgan fingerprint density at radius 1 is 1.54 bits per heavy atom. The fourth-order valence-corrected chi connectivity index (χ4v) is 1.06. The van der Waals surface area contributed by atoms with Gasteiger partial charge in [0.15, 0.2) is 0 Å². The Balaban J connectivity index is 2.71. The average molecular weight is 186 g/mol. The van der Waals surface area contributed by atoms with Gasteiger partial charge >= 0.3 is 12.0 Å². The average Bonchev–Trinajstić information content (AvgIpc) is 2.25. The van der Waals surface area contributed by atoms with Crippen LogP contribution in [0.4, 0.5) is 4.79 Å². The second-order valence-corrected chi connectivity index (χ2v) is 2.99. The van der Waals surface area contributed by atoms with E-state index in [1.807, 2.05) is 5.32 Å². The zero-order chi connectivity index (χ0) is 10.1. The van der Waals surface area contributed by atoms with Crippen LogP contribution in [0.5, 0.6) is 0 Å². The van der Waals surface area contributed by atoms with Gasteiger partial charge in [-0.05, 0) is 6.92 Å². The molecule has 1 unspecified atom stereocenters. The van der Waals surface area contributed by atoms with E-state index in [-0.39, 0.29) is 6.42 Å². The Kier molecular flexibility index (Phi) is 2.22. The molecule has 1 fully saturated rings. The molecule has 0 aromatic heterocycles. The summed E-state index contributed by atoms with van der Waals surface area (Å²) in [6.45, 7) is 1.46. The summed E-state index contributed by atoms with van der Waals surface area (Å²) in [5, 5.41) is 4.38. The number of methoxy groups -OCH3 is 1. The number of urea groups is 1. The lowest BCUT2D eigenvalue weighted by Crippen LogP contribution is -2.45. The minimum atomic E-state index is -1.18. The van der Waals surface area contributed by atoms with Crippen molar-refractivity contribution in [3.8, 4) is 0 Å². The molecule has 1 atom stereocenters. The lowest BCUT2D eigenvalue weighted by Gasteiger charge is -2.18. The van der Waals surface area contributed by atoms with E-state index >= 15 is 0 Å². The van der Waals surface area contributed by atoms with Gasteiger partial charge in [-0.3, -0.25) is 14.9 Å². The fraction of sp³-hybridized carbons (Fsp3) is 0.571. The highest BCUT2D eigenvalue weighted by atomic mass is 16.5. The van der Waals surface area contributed by atoms with Gasteiger partial charge in [0.2, 0.25) is 0 Å². The van der Waals surface area contributed by atoms with Gasteiger partial charge < -0.3 is 10.1 Å². The number of imide groups is 1. The first-order valence-electron chi connectivity index (χ1n) is 3.68. The van der Waals surface area contributed by atoms with E-state index in [1.54, 1.807) is 0 Å². The van der Waals surface area contributed by atoms with Crippen molar-refractivity contribution in [3.05, 3.63) is 0 Å². The minimum absolute atomic E-state index is 0.166. The third-order valence-corrected chi connectivity index (χ3v) is 1.84. The van der Waals surface area contributed by atoms with E-state index < -0.39 is 23.4 Å². The lowest BCUT2D eigenvalue weighted by molar-refractivity contribution is -0.144. The molecule has 1 aliphatic heterocycles. The van der Waals surface area contributed by atoms with Crippen LogP contribution in [0.2, 0.25) is 0 Å². The molecule has 1 heterocycles. The second kappa shape index (κ2) is 3.04. The quantitative estimate of drug-likeness (QED) is 0.434. The van der Waals surface area contributed by atoms with Crippen molar-refractivity contribution in [2.75, 3.05) is 7.11 Å². The Bertz CT molecular complexity index is 276. The molecule has 1 aliphatic rings. The molecule has 0 aromatic rings. The molecular formula is C7H10N2O4. The molecule has 0 aliphatic carbocycles. The summed E-state index contributed by atoms with van der Waals surface area (Å²) >= 11 is 0. The highest BCUT2D eigenvalue weighted by Crippen LogP contribution is 2.14. The molecule has 1 rings (SSSR count). The van der Waals surface area contributed by atoms with Gasteiger partial charge in [-0.25, -0.2) is 4.79 Å². The molecule has 6 nitrogen and oxygen atoms in total. The van der Waals surface area contributed by atoms with Gasteiger partial charge in [0.25, 0.3) is 5.91 Å². The number of rotatable bonds is 2. The summed E-state index contributed by atoms with van der Waals surface area (Å²) in [5.74, 6) is -1.05. The third-order valence-electron chi connectivity index (χ3n) is 1.84. The van der Waals surface area contributed by atoms with E-state index in [1.165, 1.54) is 14.0 Å².